The highest BCUT2D eigenvalue weighted by Gasteiger charge is 2.51. The van der Waals surface area contributed by atoms with Crippen molar-refractivity contribution in [2.24, 2.45) is 0 Å². The lowest BCUT2D eigenvalue weighted by Crippen LogP contribution is -2.47. The quantitative estimate of drug-likeness (QED) is 0.576. The van der Waals surface area contributed by atoms with Crippen LogP contribution in [0.5, 0.6) is 0 Å². The monoisotopic (exact) mass is 471 g/mol. The third-order valence-corrected chi connectivity index (χ3v) is 5.07. The molecule has 0 aliphatic carbocycles. The minimum absolute atomic E-state index is 0.0967. The van der Waals surface area contributed by atoms with Gasteiger partial charge in [0.15, 0.2) is 0 Å². The lowest BCUT2D eigenvalue weighted by molar-refractivity contribution is -0.138. The molecule has 0 unspecified atom stereocenters. The number of hydrogen-bond acceptors (Lipinski definition) is 6. The van der Waals surface area contributed by atoms with E-state index < -0.39 is 48.4 Å². The lowest BCUT2D eigenvalue weighted by atomic mass is 10.1. The van der Waals surface area contributed by atoms with Gasteiger partial charge < -0.3 is 10.2 Å². The third kappa shape index (κ3) is 4.59. The number of rotatable bonds is 5. The molecule has 174 valence electrons. The van der Waals surface area contributed by atoms with Crippen molar-refractivity contribution in [1.29, 1.82) is 0 Å². The molecule has 0 spiro atoms. The maximum atomic E-state index is 14.6. The van der Waals surface area contributed by atoms with E-state index in [1.165, 1.54) is 18.5 Å². The number of benzene rings is 1. The van der Waals surface area contributed by atoms with E-state index in [-0.39, 0.29) is 23.7 Å². The van der Waals surface area contributed by atoms with Gasteiger partial charge in [0, 0.05) is 31.9 Å². The molecule has 1 saturated heterocycles. The number of aromatic nitrogens is 5. The number of carbonyl (C=O) groups is 1. The maximum absolute atomic E-state index is 14.6. The molecule has 1 atom stereocenters. The molecule has 0 radical (unpaired) electrons. The summed E-state index contributed by atoms with van der Waals surface area (Å²) in [5.74, 6) is -5.26. The highest BCUT2D eigenvalue weighted by Crippen LogP contribution is 2.36. The highest BCUT2D eigenvalue weighted by atomic mass is 19.4. The summed E-state index contributed by atoms with van der Waals surface area (Å²) in [5.41, 5.74) is -1.22. The molecule has 1 aromatic carbocycles. The second-order valence-electron chi connectivity index (χ2n) is 7.18. The number of carbonyl (C=O) groups excluding carboxylic acids is 1. The van der Waals surface area contributed by atoms with Crippen LogP contribution < -0.4 is 5.32 Å². The number of alkyl halides is 5. The van der Waals surface area contributed by atoms with Crippen LogP contribution in [-0.2, 0) is 6.18 Å². The van der Waals surface area contributed by atoms with Crippen molar-refractivity contribution in [2.45, 2.75) is 24.6 Å². The number of anilines is 1. The van der Waals surface area contributed by atoms with Crippen molar-refractivity contribution in [3.05, 3.63) is 59.9 Å². The number of amides is 1. The van der Waals surface area contributed by atoms with E-state index >= 15 is 0 Å². The Labute approximate surface area is 182 Å². The first-order valence-corrected chi connectivity index (χ1v) is 9.54. The van der Waals surface area contributed by atoms with Gasteiger partial charge in [-0.3, -0.25) is 4.79 Å². The normalized spacial score (nSPS) is 17.9. The van der Waals surface area contributed by atoms with Gasteiger partial charge in [-0.05, 0) is 18.2 Å². The molecule has 3 heterocycles. The molecular formula is C19H15F6N7O. The number of nitrogens with one attached hydrogen (secondary N) is 1. The first kappa shape index (κ1) is 22.5. The van der Waals surface area contributed by atoms with E-state index in [1.807, 2.05) is 0 Å². The Bertz CT molecular complexity index is 1130. The van der Waals surface area contributed by atoms with Crippen LogP contribution in [0.3, 0.4) is 0 Å². The summed E-state index contributed by atoms with van der Waals surface area (Å²) in [6.07, 6.45) is -1.60. The average Bonchev–Trinajstić information content (AvgIpc) is 3.39. The molecule has 33 heavy (non-hydrogen) atoms. The number of hydrogen-bond donors (Lipinski definition) is 1. The first-order chi connectivity index (χ1) is 15.6. The van der Waals surface area contributed by atoms with E-state index in [0.717, 1.165) is 21.8 Å². The van der Waals surface area contributed by atoms with Gasteiger partial charge in [0.1, 0.15) is 11.9 Å². The molecule has 1 aliphatic rings. The highest BCUT2D eigenvalue weighted by molar-refractivity contribution is 5.98. The SMILES string of the molecule is O=C(c1cc(F)ccc1-n1nccn1)N1CCC(F)(F)[C@H]1CNc1ncc(C(F)(F)F)cn1. The second-order valence-corrected chi connectivity index (χ2v) is 7.18. The number of nitrogens with zero attached hydrogens (tertiary/aromatic N) is 6. The Morgan fingerprint density at radius 1 is 1.15 bits per heavy atom. The van der Waals surface area contributed by atoms with Gasteiger partial charge in [-0.25, -0.2) is 23.1 Å². The van der Waals surface area contributed by atoms with Crippen LogP contribution in [0.1, 0.15) is 22.3 Å². The summed E-state index contributed by atoms with van der Waals surface area (Å²) in [4.78, 5) is 22.0. The Balaban J connectivity index is 1.57. The van der Waals surface area contributed by atoms with E-state index in [1.54, 1.807) is 0 Å². The molecule has 0 saturated carbocycles. The fourth-order valence-corrected chi connectivity index (χ4v) is 3.43. The predicted molar refractivity (Wildman–Crippen MR) is 101 cm³/mol. The molecule has 14 heteroatoms. The molecule has 1 aliphatic heterocycles. The van der Waals surface area contributed by atoms with Crippen molar-refractivity contribution < 1.29 is 31.1 Å². The summed E-state index contributed by atoms with van der Waals surface area (Å²) in [5, 5.41) is 10.2. The number of halogens is 6. The zero-order chi connectivity index (χ0) is 23.8. The summed E-state index contributed by atoms with van der Waals surface area (Å²) in [6.45, 7) is -0.872. The molecular weight excluding hydrogens is 456 g/mol. The van der Waals surface area contributed by atoms with Gasteiger partial charge in [0.05, 0.1) is 29.2 Å². The maximum Gasteiger partial charge on any atom is 0.419 e. The van der Waals surface area contributed by atoms with Crippen LogP contribution in [0.15, 0.2) is 43.0 Å². The zero-order valence-corrected chi connectivity index (χ0v) is 16.6. The standard InChI is InChI=1S/C19H15F6N7O/c20-12-1-2-14(32-29-4-5-30-32)13(7-12)16(33)31-6-3-18(21,22)15(31)10-28-17-26-8-11(9-27-17)19(23,24)25/h1-2,4-5,7-9,15H,3,6,10H2,(H,26,27,28)/t15-/m1/s1. The molecule has 0 bridgehead atoms. The van der Waals surface area contributed by atoms with E-state index in [0.29, 0.717) is 12.4 Å². The molecule has 1 amide bonds. The van der Waals surface area contributed by atoms with Crippen LogP contribution in [-0.4, -0.2) is 60.8 Å². The molecule has 2 aromatic heterocycles. The Morgan fingerprint density at radius 3 is 2.45 bits per heavy atom. The van der Waals surface area contributed by atoms with E-state index in [2.05, 4.69) is 25.5 Å². The summed E-state index contributed by atoms with van der Waals surface area (Å²) in [7, 11) is 0. The predicted octanol–water partition coefficient (Wildman–Crippen LogP) is 3.18. The van der Waals surface area contributed by atoms with Crippen LogP contribution in [0, 0.1) is 5.82 Å². The molecule has 1 N–H and O–H groups in total. The smallest absolute Gasteiger partial charge is 0.352 e. The van der Waals surface area contributed by atoms with Gasteiger partial charge in [0.25, 0.3) is 11.8 Å². The summed E-state index contributed by atoms with van der Waals surface area (Å²) in [6, 6.07) is 1.55. The third-order valence-electron chi connectivity index (χ3n) is 5.07. The average molecular weight is 471 g/mol. The van der Waals surface area contributed by atoms with Crippen LogP contribution >= 0.6 is 0 Å². The van der Waals surface area contributed by atoms with Crippen LogP contribution in [0.4, 0.5) is 32.3 Å². The Hall–Kier alpha value is -3.71. The topological polar surface area (TPSA) is 88.8 Å². The number of likely N-dealkylation sites (tertiary alicyclic amines) is 1. The van der Waals surface area contributed by atoms with Gasteiger partial charge in [-0.15, -0.1) is 0 Å². The van der Waals surface area contributed by atoms with Crippen molar-refractivity contribution in [2.75, 3.05) is 18.4 Å². The largest absolute Gasteiger partial charge is 0.419 e. The van der Waals surface area contributed by atoms with Gasteiger partial charge in [-0.2, -0.15) is 28.2 Å². The lowest BCUT2D eigenvalue weighted by Gasteiger charge is -2.28. The zero-order valence-electron chi connectivity index (χ0n) is 16.6. The van der Waals surface area contributed by atoms with Gasteiger partial charge in [-0.1, -0.05) is 0 Å². The van der Waals surface area contributed by atoms with Gasteiger partial charge >= 0.3 is 6.18 Å². The van der Waals surface area contributed by atoms with E-state index in [9.17, 15) is 31.1 Å². The fourth-order valence-electron chi connectivity index (χ4n) is 3.43. The van der Waals surface area contributed by atoms with Gasteiger partial charge in [0.2, 0.25) is 5.95 Å². The van der Waals surface area contributed by atoms with Crippen molar-refractivity contribution in [1.82, 2.24) is 29.9 Å². The Kier molecular flexibility index (Phi) is 5.68. The van der Waals surface area contributed by atoms with E-state index in [4.69, 9.17) is 0 Å². The molecule has 4 rings (SSSR count). The van der Waals surface area contributed by atoms with Crippen LogP contribution in [0.25, 0.3) is 5.69 Å². The fraction of sp³-hybridized carbons (Fsp3) is 0.316. The van der Waals surface area contributed by atoms with Crippen LogP contribution in [0.2, 0.25) is 0 Å². The first-order valence-electron chi connectivity index (χ1n) is 9.54. The summed E-state index contributed by atoms with van der Waals surface area (Å²) < 4.78 is 81.0. The second kappa shape index (κ2) is 8.33. The van der Waals surface area contributed by atoms with Crippen molar-refractivity contribution >= 4 is 11.9 Å². The molecule has 1 fully saturated rings. The van der Waals surface area contributed by atoms with Crippen molar-refractivity contribution in [3.8, 4) is 5.69 Å². The minimum Gasteiger partial charge on any atom is -0.352 e. The summed E-state index contributed by atoms with van der Waals surface area (Å²) >= 11 is 0. The van der Waals surface area contributed by atoms with Crippen molar-refractivity contribution in [3.63, 3.8) is 0 Å². The molecule has 3 aromatic rings. The minimum atomic E-state index is -4.65. The molecule has 8 nitrogen and oxygen atoms in total. The Morgan fingerprint density at radius 2 is 1.82 bits per heavy atom.